The highest BCUT2D eigenvalue weighted by Crippen LogP contribution is 2.44. The molecule has 10 heteroatoms. The number of hydrogen-bond donors (Lipinski definition) is 2. The molecule has 1 aliphatic rings. The van der Waals surface area contributed by atoms with Crippen LogP contribution in [0.4, 0.5) is 13.2 Å². The molecule has 0 unspecified atom stereocenters. The van der Waals surface area contributed by atoms with Gasteiger partial charge in [0.05, 0.1) is 5.56 Å². The van der Waals surface area contributed by atoms with Crippen molar-refractivity contribution in [1.29, 1.82) is 0 Å². The van der Waals surface area contributed by atoms with Gasteiger partial charge in [0.15, 0.2) is 11.5 Å². The molecule has 0 saturated carbocycles. The molecule has 0 bridgehead atoms. The summed E-state index contributed by atoms with van der Waals surface area (Å²) in [5, 5.41) is 27.7. The lowest BCUT2D eigenvalue weighted by atomic mass is 10.1. The van der Waals surface area contributed by atoms with Crippen LogP contribution >= 0.6 is 0 Å². The van der Waals surface area contributed by atoms with Crippen LogP contribution in [0.5, 0.6) is 23.3 Å². The summed E-state index contributed by atoms with van der Waals surface area (Å²) < 4.78 is 55.1. The Morgan fingerprint density at radius 3 is 2.52 bits per heavy atom. The molecule has 1 aromatic heterocycles. The largest absolute Gasteiger partial charge is 0.483 e. The van der Waals surface area contributed by atoms with Gasteiger partial charge in [-0.15, -0.1) is 10.2 Å². The van der Waals surface area contributed by atoms with E-state index in [1.54, 1.807) is 13.8 Å². The van der Waals surface area contributed by atoms with E-state index in [0.29, 0.717) is 0 Å². The van der Waals surface area contributed by atoms with Crippen LogP contribution in [-0.2, 0) is 12.0 Å². The van der Waals surface area contributed by atoms with Crippen molar-refractivity contribution in [2.45, 2.75) is 38.3 Å². The molecular formula is C17H17F3N2O5. The van der Waals surface area contributed by atoms with Crippen molar-refractivity contribution < 1.29 is 37.6 Å². The van der Waals surface area contributed by atoms with Gasteiger partial charge in [0.25, 0.3) is 11.8 Å². The molecule has 3 rings (SSSR count). The van der Waals surface area contributed by atoms with Crippen molar-refractivity contribution in [3.8, 4) is 23.3 Å². The molecule has 0 atom stereocenters. The molecule has 0 saturated heterocycles. The fraction of sp³-hybridized carbons (Fsp3) is 0.412. The second kappa shape index (κ2) is 6.24. The van der Waals surface area contributed by atoms with Crippen molar-refractivity contribution in [2.24, 2.45) is 0 Å². The quantitative estimate of drug-likeness (QED) is 0.783. The smallest absolute Gasteiger partial charge is 0.416 e. The number of aliphatic hydroxyl groups is 2. The fourth-order valence-corrected chi connectivity index (χ4v) is 2.46. The van der Waals surface area contributed by atoms with Crippen LogP contribution in [0.25, 0.3) is 0 Å². The van der Waals surface area contributed by atoms with E-state index in [-0.39, 0.29) is 29.5 Å². The molecule has 2 heterocycles. The third-order valence-electron chi connectivity index (χ3n) is 3.65. The molecule has 27 heavy (non-hydrogen) atoms. The number of nitrogens with zero attached hydrogens (tertiary/aromatic N) is 2. The molecule has 0 fully saturated rings. The molecule has 0 amide bonds. The van der Waals surface area contributed by atoms with Gasteiger partial charge in [-0.3, -0.25) is 0 Å². The number of benzene rings is 1. The second-order valence-electron chi connectivity index (χ2n) is 6.81. The highest BCUT2D eigenvalue weighted by atomic mass is 19.4. The van der Waals surface area contributed by atoms with Crippen molar-refractivity contribution in [1.82, 2.24) is 10.2 Å². The van der Waals surface area contributed by atoms with Gasteiger partial charge in [-0.25, -0.2) is 0 Å². The minimum absolute atomic E-state index is 0.0769. The molecule has 1 aliphatic heterocycles. The van der Waals surface area contributed by atoms with Crippen molar-refractivity contribution in [3.05, 3.63) is 35.4 Å². The third-order valence-corrected chi connectivity index (χ3v) is 3.65. The van der Waals surface area contributed by atoms with Crippen molar-refractivity contribution in [3.63, 3.8) is 0 Å². The molecule has 1 aromatic carbocycles. The lowest BCUT2D eigenvalue weighted by Gasteiger charge is -2.33. The Morgan fingerprint density at radius 2 is 1.89 bits per heavy atom. The SMILES string of the molecule is CC1(C)COc2c(nnc(Oc3cccc(C(F)(F)F)c3)c2C(C)(O)O)O1. The minimum atomic E-state index is -4.56. The predicted molar refractivity (Wildman–Crippen MR) is 85.5 cm³/mol. The summed E-state index contributed by atoms with van der Waals surface area (Å²) in [6, 6.07) is 4.07. The van der Waals surface area contributed by atoms with Crippen molar-refractivity contribution in [2.75, 3.05) is 6.61 Å². The van der Waals surface area contributed by atoms with Crippen LogP contribution in [0.1, 0.15) is 31.9 Å². The number of fused-ring (bicyclic) bond motifs is 1. The Labute approximate surface area is 152 Å². The van der Waals surface area contributed by atoms with E-state index in [9.17, 15) is 23.4 Å². The minimum Gasteiger partial charge on any atom is -0.483 e. The first kappa shape index (κ1) is 19.2. The lowest BCUT2D eigenvalue weighted by Crippen LogP contribution is -2.40. The second-order valence-corrected chi connectivity index (χ2v) is 6.81. The molecular weight excluding hydrogens is 369 g/mol. The fourth-order valence-electron chi connectivity index (χ4n) is 2.46. The Hall–Kier alpha value is -2.59. The van der Waals surface area contributed by atoms with Crippen LogP contribution in [0.2, 0.25) is 0 Å². The normalized spacial score (nSPS) is 16.1. The Morgan fingerprint density at radius 1 is 1.19 bits per heavy atom. The Balaban J connectivity index is 2.04. The van der Waals surface area contributed by atoms with Crippen LogP contribution < -0.4 is 14.2 Å². The Bertz CT molecular complexity index is 863. The van der Waals surface area contributed by atoms with Crippen molar-refractivity contribution >= 4 is 0 Å². The molecule has 0 aliphatic carbocycles. The standard InChI is InChI=1S/C17H17F3N2O5/c1-15(2)8-25-12-11(16(3,23)24)13(21-22-14(12)27-15)26-10-6-4-5-9(7-10)17(18,19)20/h4-7,23-24H,8H2,1-3H3. The van der Waals surface area contributed by atoms with Gasteiger partial charge in [-0.2, -0.15) is 13.2 Å². The summed E-state index contributed by atoms with van der Waals surface area (Å²) in [5.74, 6) is -3.27. The average molecular weight is 386 g/mol. The molecule has 0 radical (unpaired) electrons. The number of hydrogen-bond acceptors (Lipinski definition) is 7. The summed E-state index contributed by atoms with van der Waals surface area (Å²) in [6.45, 7) is 4.59. The zero-order valence-electron chi connectivity index (χ0n) is 14.7. The molecule has 2 aromatic rings. The summed E-state index contributed by atoms with van der Waals surface area (Å²) in [7, 11) is 0. The van der Waals surface area contributed by atoms with Gasteiger partial charge < -0.3 is 24.4 Å². The number of alkyl halides is 3. The average Bonchev–Trinajstić information content (AvgIpc) is 2.52. The highest BCUT2D eigenvalue weighted by Gasteiger charge is 2.39. The van der Waals surface area contributed by atoms with Gasteiger partial charge in [0.2, 0.25) is 0 Å². The molecule has 2 N–H and O–H groups in total. The maximum Gasteiger partial charge on any atom is 0.416 e. The number of aromatic nitrogens is 2. The maximum absolute atomic E-state index is 12.9. The van der Waals surface area contributed by atoms with Gasteiger partial charge in [0.1, 0.15) is 23.5 Å². The Kier molecular flexibility index (Phi) is 4.43. The van der Waals surface area contributed by atoms with Crippen LogP contribution in [0.15, 0.2) is 24.3 Å². The number of ether oxygens (including phenoxy) is 3. The van der Waals surface area contributed by atoms with E-state index in [0.717, 1.165) is 25.1 Å². The van der Waals surface area contributed by atoms with Gasteiger partial charge in [-0.1, -0.05) is 6.07 Å². The summed E-state index contributed by atoms with van der Waals surface area (Å²) in [6.07, 6.45) is -4.56. The third kappa shape index (κ3) is 4.06. The topological polar surface area (TPSA) is 93.9 Å². The van der Waals surface area contributed by atoms with E-state index in [4.69, 9.17) is 14.2 Å². The predicted octanol–water partition coefficient (Wildman–Crippen LogP) is 2.99. The first-order valence-corrected chi connectivity index (χ1v) is 7.90. The maximum atomic E-state index is 12.9. The first-order valence-electron chi connectivity index (χ1n) is 7.90. The summed E-state index contributed by atoms with van der Waals surface area (Å²) in [5.41, 5.74) is -1.95. The van der Waals surface area contributed by atoms with Gasteiger partial charge in [-0.05, 0) is 39.0 Å². The first-order chi connectivity index (χ1) is 12.4. The van der Waals surface area contributed by atoms with Crippen LogP contribution in [0, 0.1) is 0 Å². The van der Waals surface area contributed by atoms with E-state index < -0.39 is 29.0 Å². The zero-order chi connectivity index (χ0) is 20.0. The molecule has 7 nitrogen and oxygen atoms in total. The van der Waals surface area contributed by atoms with Crippen LogP contribution in [0.3, 0.4) is 0 Å². The van der Waals surface area contributed by atoms with E-state index in [1.165, 1.54) is 6.07 Å². The molecule has 0 spiro atoms. The van der Waals surface area contributed by atoms with Gasteiger partial charge >= 0.3 is 6.18 Å². The van der Waals surface area contributed by atoms with Crippen LogP contribution in [-0.4, -0.2) is 32.6 Å². The highest BCUT2D eigenvalue weighted by molar-refractivity contribution is 5.50. The van der Waals surface area contributed by atoms with E-state index in [1.807, 2.05) is 0 Å². The molecule has 146 valence electrons. The monoisotopic (exact) mass is 386 g/mol. The zero-order valence-corrected chi connectivity index (χ0v) is 14.7. The van der Waals surface area contributed by atoms with Gasteiger partial charge in [0, 0.05) is 0 Å². The number of rotatable bonds is 3. The number of halogens is 3. The summed E-state index contributed by atoms with van der Waals surface area (Å²) in [4.78, 5) is 0. The summed E-state index contributed by atoms with van der Waals surface area (Å²) >= 11 is 0. The van der Waals surface area contributed by atoms with E-state index in [2.05, 4.69) is 10.2 Å². The lowest BCUT2D eigenvalue weighted by molar-refractivity contribution is -0.156. The van der Waals surface area contributed by atoms with E-state index >= 15 is 0 Å².